The number of carbonyl (C=O) groups is 1. The van der Waals surface area contributed by atoms with Crippen molar-refractivity contribution in [2.45, 2.75) is 19.3 Å². The number of nitrogens with zero attached hydrogens (tertiary/aromatic N) is 2. The summed E-state index contributed by atoms with van der Waals surface area (Å²) in [6.45, 7) is 1.77. The maximum Gasteiger partial charge on any atom is 0.255 e. The molecule has 0 bridgehead atoms. The summed E-state index contributed by atoms with van der Waals surface area (Å²) in [7, 11) is 0. The molecule has 0 unspecified atom stereocenters. The smallest absolute Gasteiger partial charge is 0.255 e. The minimum atomic E-state index is -0.241. The number of benzene rings is 1. The van der Waals surface area contributed by atoms with E-state index in [1.54, 1.807) is 36.5 Å². The topological polar surface area (TPSA) is 45.2 Å². The molecule has 0 radical (unpaired) electrons. The lowest BCUT2D eigenvalue weighted by atomic mass is 9.94. The first-order chi connectivity index (χ1) is 12.6. The summed E-state index contributed by atoms with van der Waals surface area (Å²) in [5.74, 6) is 1.86. The number of rotatable bonds is 5. The maximum absolute atomic E-state index is 12.6. The Labute approximate surface area is 168 Å². The van der Waals surface area contributed by atoms with Crippen LogP contribution in [0.5, 0.6) is 0 Å². The van der Waals surface area contributed by atoms with E-state index in [0.29, 0.717) is 33.1 Å². The van der Waals surface area contributed by atoms with Crippen molar-refractivity contribution < 1.29 is 4.79 Å². The number of hydrogen-bond donors (Lipinski definition) is 1. The molecular weight excluding hydrogens is 393 g/mol. The van der Waals surface area contributed by atoms with Gasteiger partial charge in [-0.15, -0.1) is 11.6 Å². The molecule has 0 atom stereocenters. The van der Waals surface area contributed by atoms with Crippen LogP contribution in [0.4, 0.5) is 11.5 Å². The molecule has 4 nitrogen and oxygen atoms in total. The Balaban J connectivity index is 1.77. The second kappa shape index (κ2) is 8.94. The van der Waals surface area contributed by atoms with E-state index in [9.17, 15) is 4.79 Å². The molecule has 2 aromatic rings. The van der Waals surface area contributed by atoms with Crippen LogP contribution in [-0.2, 0) is 0 Å². The molecule has 138 valence electrons. The van der Waals surface area contributed by atoms with Gasteiger partial charge in [-0.1, -0.05) is 29.3 Å². The molecule has 1 fully saturated rings. The monoisotopic (exact) mass is 411 g/mol. The second-order valence-corrected chi connectivity index (χ2v) is 7.65. The van der Waals surface area contributed by atoms with Crippen LogP contribution in [0.2, 0.25) is 10.0 Å². The van der Waals surface area contributed by atoms with E-state index < -0.39 is 0 Å². The van der Waals surface area contributed by atoms with Crippen molar-refractivity contribution in [2.24, 2.45) is 5.92 Å². The van der Waals surface area contributed by atoms with Crippen molar-refractivity contribution >= 4 is 52.2 Å². The quantitative estimate of drug-likeness (QED) is 0.661. The standard InChI is InChI=1S/C19H20Cl3N3O/c20-7-4-13-5-8-25(9-6-13)18-17(11-16(22)12-23-18)24-19(26)14-2-1-3-15(21)10-14/h1-3,10-13H,4-9H2,(H,24,26). The van der Waals surface area contributed by atoms with Crippen LogP contribution in [0.1, 0.15) is 29.6 Å². The molecule has 7 heteroatoms. The molecule has 1 aromatic heterocycles. The number of anilines is 2. The van der Waals surface area contributed by atoms with E-state index in [0.717, 1.165) is 38.2 Å². The van der Waals surface area contributed by atoms with Crippen molar-refractivity contribution in [3.8, 4) is 0 Å². The summed E-state index contributed by atoms with van der Waals surface area (Å²) >= 11 is 17.9. The lowest BCUT2D eigenvalue weighted by Crippen LogP contribution is -2.35. The highest BCUT2D eigenvalue weighted by atomic mass is 35.5. The van der Waals surface area contributed by atoms with Gasteiger partial charge in [-0.05, 0) is 49.4 Å². The van der Waals surface area contributed by atoms with E-state index in [2.05, 4.69) is 15.2 Å². The minimum absolute atomic E-state index is 0.241. The van der Waals surface area contributed by atoms with E-state index in [1.807, 2.05) is 0 Å². The largest absolute Gasteiger partial charge is 0.355 e. The summed E-state index contributed by atoms with van der Waals surface area (Å²) in [6.07, 6.45) is 4.79. The van der Waals surface area contributed by atoms with Crippen LogP contribution >= 0.6 is 34.8 Å². The van der Waals surface area contributed by atoms with Crippen molar-refractivity contribution in [2.75, 3.05) is 29.2 Å². The van der Waals surface area contributed by atoms with Gasteiger partial charge in [0.2, 0.25) is 0 Å². The summed E-state index contributed by atoms with van der Waals surface area (Å²) in [6, 6.07) is 8.56. The van der Waals surface area contributed by atoms with Crippen molar-refractivity contribution in [3.63, 3.8) is 0 Å². The van der Waals surface area contributed by atoms with Crippen LogP contribution in [0.25, 0.3) is 0 Å². The molecule has 26 heavy (non-hydrogen) atoms. The van der Waals surface area contributed by atoms with E-state index in [4.69, 9.17) is 34.8 Å². The van der Waals surface area contributed by atoms with Gasteiger partial charge in [-0.25, -0.2) is 4.98 Å². The number of pyridine rings is 1. The predicted octanol–water partition coefficient (Wildman–Crippen LogP) is 5.49. The first kappa shape index (κ1) is 19.3. The minimum Gasteiger partial charge on any atom is -0.355 e. The van der Waals surface area contributed by atoms with Gasteiger partial charge in [0.25, 0.3) is 5.91 Å². The highest BCUT2D eigenvalue weighted by Crippen LogP contribution is 2.31. The number of alkyl halides is 1. The number of nitrogens with one attached hydrogen (secondary N) is 1. The van der Waals surface area contributed by atoms with Crippen LogP contribution in [0.3, 0.4) is 0 Å². The fourth-order valence-electron chi connectivity index (χ4n) is 3.19. The molecule has 1 saturated heterocycles. The van der Waals surface area contributed by atoms with Crippen LogP contribution in [0.15, 0.2) is 36.5 Å². The van der Waals surface area contributed by atoms with Gasteiger partial charge < -0.3 is 10.2 Å². The van der Waals surface area contributed by atoms with Gasteiger partial charge in [0, 0.05) is 35.8 Å². The zero-order chi connectivity index (χ0) is 18.5. The fraction of sp³-hybridized carbons (Fsp3) is 0.368. The maximum atomic E-state index is 12.6. The van der Waals surface area contributed by atoms with E-state index in [1.165, 1.54) is 0 Å². The number of piperidine rings is 1. The van der Waals surface area contributed by atoms with Crippen molar-refractivity contribution in [1.29, 1.82) is 0 Å². The molecular formula is C19H20Cl3N3O. The molecule has 2 heterocycles. The molecule has 0 aliphatic carbocycles. The summed E-state index contributed by atoms with van der Waals surface area (Å²) in [4.78, 5) is 19.2. The van der Waals surface area contributed by atoms with Gasteiger partial charge in [0.1, 0.15) is 0 Å². The summed E-state index contributed by atoms with van der Waals surface area (Å²) in [5, 5.41) is 3.92. The van der Waals surface area contributed by atoms with Gasteiger partial charge in [-0.3, -0.25) is 4.79 Å². The Morgan fingerprint density at radius 3 is 2.65 bits per heavy atom. The predicted molar refractivity (Wildman–Crippen MR) is 109 cm³/mol. The van der Waals surface area contributed by atoms with Crippen LogP contribution < -0.4 is 10.2 Å². The highest BCUT2D eigenvalue weighted by molar-refractivity contribution is 6.31. The lowest BCUT2D eigenvalue weighted by molar-refractivity contribution is 0.102. The highest BCUT2D eigenvalue weighted by Gasteiger charge is 2.22. The Morgan fingerprint density at radius 2 is 1.96 bits per heavy atom. The van der Waals surface area contributed by atoms with E-state index in [-0.39, 0.29) is 5.91 Å². The zero-order valence-electron chi connectivity index (χ0n) is 14.2. The zero-order valence-corrected chi connectivity index (χ0v) is 16.5. The van der Waals surface area contributed by atoms with Gasteiger partial charge in [0.05, 0.1) is 10.7 Å². The number of aromatic nitrogens is 1. The number of hydrogen-bond acceptors (Lipinski definition) is 3. The Bertz CT molecular complexity index is 776. The second-order valence-electron chi connectivity index (χ2n) is 6.40. The summed E-state index contributed by atoms with van der Waals surface area (Å²) in [5.41, 5.74) is 1.10. The van der Waals surface area contributed by atoms with E-state index >= 15 is 0 Å². The fourth-order valence-corrected chi connectivity index (χ4v) is 3.84. The number of carbonyl (C=O) groups excluding carboxylic acids is 1. The lowest BCUT2D eigenvalue weighted by Gasteiger charge is -2.33. The van der Waals surface area contributed by atoms with Crippen LogP contribution in [-0.4, -0.2) is 29.9 Å². The first-order valence-corrected chi connectivity index (χ1v) is 9.89. The molecule has 1 aliphatic heterocycles. The van der Waals surface area contributed by atoms with Gasteiger partial charge in [-0.2, -0.15) is 0 Å². The number of halogens is 3. The van der Waals surface area contributed by atoms with Crippen LogP contribution in [0, 0.1) is 5.92 Å². The molecule has 3 rings (SSSR count). The average molecular weight is 413 g/mol. The summed E-state index contributed by atoms with van der Waals surface area (Å²) < 4.78 is 0. The molecule has 0 saturated carbocycles. The Hall–Kier alpha value is -1.49. The van der Waals surface area contributed by atoms with Crippen molar-refractivity contribution in [3.05, 3.63) is 52.1 Å². The molecule has 1 aliphatic rings. The van der Waals surface area contributed by atoms with Gasteiger partial charge in [0.15, 0.2) is 5.82 Å². The third kappa shape index (κ3) is 4.81. The molecule has 1 amide bonds. The first-order valence-electron chi connectivity index (χ1n) is 8.60. The Kier molecular flexibility index (Phi) is 6.63. The Morgan fingerprint density at radius 1 is 1.19 bits per heavy atom. The third-order valence-electron chi connectivity index (χ3n) is 4.60. The average Bonchev–Trinajstić information content (AvgIpc) is 2.63. The molecule has 0 spiro atoms. The van der Waals surface area contributed by atoms with Crippen molar-refractivity contribution in [1.82, 2.24) is 4.98 Å². The van der Waals surface area contributed by atoms with Gasteiger partial charge >= 0.3 is 0 Å². The SMILES string of the molecule is O=C(Nc1cc(Cl)cnc1N1CCC(CCCl)CC1)c1cccc(Cl)c1. The molecule has 1 aromatic carbocycles. The number of amides is 1. The third-order valence-corrected chi connectivity index (χ3v) is 5.26. The molecule has 1 N–H and O–H groups in total. The normalized spacial score (nSPS) is 15.1.